The number of nitrogens with zero attached hydrogens (tertiary/aromatic N) is 1. The van der Waals surface area contributed by atoms with Crippen LogP contribution in [-0.4, -0.2) is 35.0 Å². The molecule has 1 aromatic heterocycles. The van der Waals surface area contributed by atoms with E-state index in [2.05, 4.69) is 0 Å². The summed E-state index contributed by atoms with van der Waals surface area (Å²) in [4.78, 5) is 25.2. The summed E-state index contributed by atoms with van der Waals surface area (Å²) in [5.74, 6) is -1.07. The Kier molecular flexibility index (Phi) is 5.15. The van der Waals surface area contributed by atoms with Gasteiger partial charge in [-0.15, -0.1) is 11.3 Å². The minimum atomic E-state index is -0.875. The molecule has 94 valence electrons. The molecule has 1 heterocycles. The summed E-state index contributed by atoms with van der Waals surface area (Å²) >= 11 is 1.55. The van der Waals surface area contributed by atoms with Crippen molar-refractivity contribution in [2.24, 2.45) is 0 Å². The molecule has 1 N–H and O–H groups in total. The molecule has 0 radical (unpaired) electrons. The molecule has 1 unspecified atom stereocenters. The van der Waals surface area contributed by atoms with Crippen LogP contribution in [0.1, 0.15) is 31.1 Å². The summed E-state index contributed by atoms with van der Waals surface area (Å²) in [6.07, 6.45) is -0.00323. The van der Waals surface area contributed by atoms with Crippen LogP contribution >= 0.6 is 11.3 Å². The maximum absolute atomic E-state index is 12.1. The van der Waals surface area contributed by atoms with E-state index >= 15 is 0 Å². The van der Waals surface area contributed by atoms with Crippen LogP contribution in [0.25, 0.3) is 0 Å². The van der Waals surface area contributed by atoms with Crippen molar-refractivity contribution in [3.8, 4) is 0 Å². The number of carbonyl (C=O) groups excluding carboxylic acids is 1. The molecule has 0 aliphatic heterocycles. The van der Waals surface area contributed by atoms with Crippen molar-refractivity contribution in [2.45, 2.75) is 26.2 Å². The Morgan fingerprint density at radius 1 is 1.53 bits per heavy atom. The van der Waals surface area contributed by atoms with Crippen molar-refractivity contribution in [1.29, 1.82) is 0 Å². The summed E-state index contributed by atoms with van der Waals surface area (Å²) < 4.78 is 0. The monoisotopic (exact) mass is 255 g/mol. The number of aliphatic carboxylic acids is 1. The second kappa shape index (κ2) is 6.39. The molecule has 0 fully saturated rings. The third kappa shape index (κ3) is 3.85. The number of amides is 1. The molecular weight excluding hydrogens is 238 g/mol. The van der Waals surface area contributed by atoms with E-state index in [0.29, 0.717) is 6.54 Å². The Bertz CT molecular complexity index is 375. The van der Waals surface area contributed by atoms with E-state index in [1.807, 2.05) is 31.4 Å². The smallest absolute Gasteiger partial charge is 0.305 e. The van der Waals surface area contributed by atoms with Gasteiger partial charge in [0.15, 0.2) is 0 Å². The number of likely N-dealkylation sites (N-methyl/N-ethyl adjacent to an activating group) is 1. The normalized spacial score (nSPS) is 12.1. The molecule has 0 spiro atoms. The Morgan fingerprint density at radius 3 is 2.71 bits per heavy atom. The van der Waals surface area contributed by atoms with Gasteiger partial charge < -0.3 is 10.0 Å². The third-order valence-electron chi connectivity index (χ3n) is 2.63. The summed E-state index contributed by atoms with van der Waals surface area (Å²) in [5.41, 5.74) is 0. The molecule has 5 heteroatoms. The van der Waals surface area contributed by atoms with Crippen molar-refractivity contribution >= 4 is 23.2 Å². The molecule has 17 heavy (non-hydrogen) atoms. The molecule has 1 rings (SSSR count). The van der Waals surface area contributed by atoms with Crippen LogP contribution < -0.4 is 0 Å². The third-order valence-corrected chi connectivity index (χ3v) is 3.68. The molecule has 0 saturated carbocycles. The van der Waals surface area contributed by atoms with Gasteiger partial charge in [-0.1, -0.05) is 6.07 Å². The number of thiophene rings is 1. The topological polar surface area (TPSA) is 57.6 Å². The van der Waals surface area contributed by atoms with E-state index < -0.39 is 5.97 Å². The highest BCUT2D eigenvalue weighted by atomic mass is 32.1. The molecule has 1 amide bonds. The first-order chi connectivity index (χ1) is 8.06. The van der Waals surface area contributed by atoms with Crippen LogP contribution in [0.4, 0.5) is 0 Å². The SMILES string of the molecule is CCN(CCC(=O)O)C(=O)C(C)c1cccs1. The second-order valence-electron chi connectivity index (χ2n) is 3.80. The van der Waals surface area contributed by atoms with E-state index in [9.17, 15) is 9.59 Å². The van der Waals surface area contributed by atoms with Gasteiger partial charge in [-0.05, 0) is 25.3 Å². The minimum Gasteiger partial charge on any atom is -0.481 e. The number of rotatable bonds is 6. The quantitative estimate of drug-likeness (QED) is 0.847. The molecule has 1 atom stereocenters. The Balaban J connectivity index is 2.62. The zero-order valence-corrected chi connectivity index (χ0v) is 10.9. The minimum absolute atomic E-state index is 0.00323. The van der Waals surface area contributed by atoms with Gasteiger partial charge in [-0.25, -0.2) is 0 Å². The second-order valence-corrected chi connectivity index (χ2v) is 4.78. The van der Waals surface area contributed by atoms with E-state index in [0.717, 1.165) is 4.88 Å². The van der Waals surface area contributed by atoms with Gasteiger partial charge in [-0.3, -0.25) is 9.59 Å². The average Bonchev–Trinajstić information content (AvgIpc) is 2.81. The van der Waals surface area contributed by atoms with Gasteiger partial charge in [-0.2, -0.15) is 0 Å². The van der Waals surface area contributed by atoms with Crippen molar-refractivity contribution < 1.29 is 14.7 Å². The van der Waals surface area contributed by atoms with Crippen LogP contribution in [-0.2, 0) is 9.59 Å². The predicted octanol–water partition coefficient (Wildman–Crippen LogP) is 2.17. The molecular formula is C12H17NO3S. The molecule has 0 bridgehead atoms. The molecule has 0 aromatic carbocycles. The lowest BCUT2D eigenvalue weighted by atomic mass is 10.1. The number of carbonyl (C=O) groups is 2. The molecule has 0 aliphatic rings. The fourth-order valence-corrected chi connectivity index (χ4v) is 2.36. The maximum atomic E-state index is 12.1. The first-order valence-electron chi connectivity index (χ1n) is 5.60. The van der Waals surface area contributed by atoms with Gasteiger partial charge in [0.05, 0.1) is 12.3 Å². The van der Waals surface area contributed by atoms with Crippen LogP contribution in [0.15, 0.2) is 17.5 Å². The molecule has 4 nitrogen and oxygen atoms in total. The first-order valence-corrected chi connectivity index (χ1v) is 6.48. The highest BCUT2D eigenvalue weighted by Crippen LogP contribution is 2.22. The molecule has 0 aliphatic carbocycles. The first kappa shape index (κ1) is 13.7. The largest absolute Gasteiger partial charge is 0.481 e. The Hall–Kier alpha value is -1.36. The number of carboxylic acid groups (broad SMARTS) is 1. The van der Waals surface area contributed by atoms with Crippen LogP contribution in [0.3, 0.4) is 0 Å². The number of hydrogen-bond donors (Lipinski definition) is 1. The summed E-state index contributed by atoms with van der Waals surface area (Å²) in [7, 11) is 0. The highest BCUT2D eigenvalue weighted by Gasteiger charge is 2.21. The Morgan fingerprint density at radius 2 is 2.24 bits per heavy atom. The highest BCUT2D eigenvalue weighted by molar-refractivity contribution is 7.10. The number of hydrogen-bond acceptors (Lipinski definition) is 3. The van der Waals surface area contributed by atoms with E-state index in [1.54, 1.807) is 16.2 Å². The predicted molar refractivity (Wildman–Crippen MR) is 67.2 cm³/mol. The summed E-state index contributed by atoms with van der Waals surface area (Å²) in [6, 6.07) is 3.84. The van der Waals surface area contributed by atoms with E-state index in [4.69, 9.17) is 5.11 Å². The molecule has 1 aromatic rings. The standard InChI is InChI=1S/C12H17NO3S/c1-3-13(7-6-11(14)15)12(16)9(2)10-5-4-8-17-10/h4-5,8-9H,3,6-7H2,1-2H3,(H,14,15). The van der Waals surface area contributed by atoms with Crippen molar-refractivity contribution in [1.82, 2.24) is 4.90 Å². The van der Waals surface area contributed by atoms with Crippen LogP contribution in [0.2, 0.25) is 0 Å². The van der Waals surface area contributed by atoms with Crippen LogP contribution in [0, 0.1) is 0 Å². The summed E-state index contributed by atoms with van der Waals surface area (Å²) in [6.45, 7) is 4.54. The van der Waals surface area contributed by atoms with Crippen molar-refractivity contribution in [2.75, 3.05) is 13.1 Å². The maximum Gasteiger partial charge on any atom is 0.305 e. The lowest BCUT2D eigenvalue weighted by Crippen LogP contribution is -2.35. The Labute approximate surface area is 105 Å². The average molecular weight is 255 g/mol. The lowest BCUT2D eigenvalue weighted by molar-refractivity contribution is -0.138. The van der Waals surface area contributed by atoms with Gasteiger partial charge in [0.1, 0.15) is 0 Å². The van der Waals surface area contributed by atoms with E-state index in [1.165, 1.54) is 0 Å². The van der Waals surface area contributed by atoms with Crippen LogP contribution in [0.5, 0.6) is 0 Å². The molecule has 0 saturated heterocycles. The fraction of sp³-hybridized carbons (Fsp3) is 0.500. The number of carboxylic acids is 1. The van der Waals surface area contributed by atoms with Gasteiger partial charge >= 0.3 is 5.97 Å². The zero-order valence-electron chi connectivity index (χ0n) is 10.0. The van der Waals surface area contributed by atoms with Crippen molar-refractivity contribution in [3.05, 3.63) is 22.4 Å². The summed E-state index contributed by atoms with van der Waals surface area (Å²) in [5, 5.41) is 10.6. The van der Waals surface area contributed by atoms with Gasteiger partial charge in [0.2, 0.25) is 5.91 Å². The van der Waals surface area contributed by atoms with Crippen molar-refractivity contribution in [3.63, 3.8) is 0 Å². The van der Waals surface area contributed by atoms with E-state index in [-0.39, 0.29) is 24.8 Å². The van der Waals surface area contributed by atoms with Gasteiger partial charge in [0.25, 0.3) is 0 Å². The lowest BCUT2D eigenvalue weighted by Gasteiger charge is -2.23. The van der Waals surface area contributed by atoms with Gasteiger partial charge in [0, 0.05) is 18.0 Å². The zero-order chi connectivity index (χ0) is 12.8. The fourth-order valence-electron chi connectivity index (χ4n) is 1.59.